The first-order valence-corrected chi connectivity index (χ1v) is 7.31. The highest BCUT2D eigenvalue weighted by Crippen LogP contribution is 2.12. The van der Waals surface area contributed by atoms with Gasteiger partial charge in [-0.05, 0) is 31.7 Å². The first kappa shape index (κ1) is 14.7. The number of nitrogens with two attached hydrogens (primary N) is 1. The van der Waals surface area contributed by atoms with E-state index in [0.717, 1.165) is 6.42 Å². The minimum Gasteiger partial charge on any atom is -0.354 e. The van der Waals surface area contributed by atoms with Gasteiger partial charge < -0.3 is 11.1 Å². The van der Waals surface area contributed by atoms with Crippen molar-refractivity contribution in [2.24, 2.45) is 5.73 Å². The van der Waals surface area contributed by atoms with Crippen LogP contribution >= 0.6 is 11.3 Å². The van der Waals surface area contributed by atoms with Gasteiger partial charge in [-0.3, -0.25) is 4.79 Å². The first-order valence-electron chi connectivity index (χ1n) is 6.44. The predicted octanol–water partition coefficient (Wildman–Crippen LogP) is 0.892. The van der Waals surface area contributed by atoms with Crippen molar-refractivity contribution in [3.8, 4) is 0 Å². The lowest BCUT2D eigenvalue weighted by Gasteiger charge is -2.13. The van der Waals surface area contributed by atoms with Gasteiger partial charge >= 0.3 is 0 Å². The van der Waals surface area contributed by atoms with Gasteiger partial charge in [-0.15, -0.1) is 16.4 Å². The van der Waals surface area contributed by atoms with E-state index < -0.39 is 5.54 Å². The lowest BCUT2D eigenvalue weighted by Crippen LogP contribution is -2.30. The van der Waals surface area contributed by atoms with Gasteiger partial charge in [0.05, 0.1) is 11.7 Å². The van der Waals surface area contributed by atoms with E-state index in [9.17, 15) is 4.79 Å². The molecule has 1 amide bonds. The Balaban J connectivity index is 1.78. The molecule has 0 aliphatic heterocycles. The fourth-order valence-corrected chi connectivity index (χ4v) is 2.36. The van der Waals surface area contributed by atoms with Crippen LogP contribution in [0, 0.1) is 0 Å². The second kappa shape index (κ2) is 6.15. The maximum atomic E-state index is 11.8. The molecule has 2 aromatic heterocycles. The molecule has 0 unspecified atom stereocenters. The van der Waals surface area contributed by atoms with Crippen LogP contribution in [-0.4, -0.2) is 27.4 Å². The zero-order valence-electron chi connectivity index (χ0n) is 11.7. The van der Waals surface area contributed by atoms with Gasteiger partial charge in [-0.25, -0.2) is 4.68 Å². The van der Waals surface area contributed by atoms with E-state index in [0.29, 0.717) is 12.2 Å². The standard InChI is InChI=1S/C13H19N5OS/c1-13(2,14)11-8-18(17-16-11)9-12(19)15-6-5-10-4-3-7-20-10/h3-4,7-8H,5-6,9,14H2,1-2H3,(H,15,19). The molecule has 6 nitrogen and oxygen atoms in total. The molecule has 2 aromatic rings. The van der Waals surface area contributed by atoms with Crippen molar-refractivity contribution in [1.82, 2.24) is 20.3 Å². The molecule has 0 aliphatic carbocycles. The highest BCUT2D eigenvalue weighted by atomic mass is 32.1. The summed E-state index contributed by atoms with van der Waals surface area (Å²) in [5, 5.41) is 12.8. The van der Waals surface area contributed by atoms with Gasteiger partial charge in [0, 0.05) is 11.4 Å². The van der Waals surface area contributed by atoms with Crippen molar-refractivity contribution >= 4 is 17.2 Å². The quantitative estimate of drug-likeness (QED) is 0.828. The van der Waals surface area contributed by atoms with Crippen LogP contribution in [0.3, 0.4) is 0 Å². The fourth-order valence-electron chi connectivity index (χ4n) is 1.65. The van der Waals surface area contributed by atoms with E-state index in [4.69, 9.17) is 5.73 Å². The van der Waals surface area contributed by atoms with Crippen molar-refractivity contribution in [3.63, 3.8) is 0 Å². The summed E-state index contributed by atoms with van der Waals surface area (Å²) in [5.41, 5.74) is 6.04. The average molecular weight is 293 g/mol. The normalized spacial score (nSPS) is 11.6. The SMILES string of the molecule is CC(C)(N)c1cn(CC(=O)NCCc2cccs2)nn1. The van der Waals surface area contributed by atoms with E-state index in [1.165, 1.54) is 9.56 Å². The number of thiophene rings is 1. The molecular weight excluding hydrogens is 274 g/mol. The van der Waals surface area contributed by atoms with Gasteiger partial charge in [0.2, 0.25) is 5.91 Å². The number of amides is 1. The Kier molecular flexibility index (Phi) is 4.51. The second-order valence-corrected chi connectivity index (χ2v) is 6.23. The second-order valence-electron chi connectivity index (χ2n) is 5.20. The number of hydrogen-bond acceptors (Lipinski definition) is 5. The predicted molar refractivity (Wildman–Crippen MR) is 78.3 cm³/mol. The Labute approximate surface area is 122 Å². The van der Waals surface area contributed by atoms with Crippen LogP contribution in [0.1, 0.15) is 24.4 Å². The summed E-state index contributed by atoms with van der Waals surface area (Å²) >= 11 is 1.69. The number of nitrogens with zero attached hydrogens (tertiary/aromatic N) is 3. The van der Waals surface area contributed by atoms with Gasteiger partial charge in [0.15, 0.2) is 0 Å². The Morgan fingerprint density at radius 1 is 1.55 bits per heavy atom. The van der Waals surface area contributed by atoms with E-state index in [1.807, 2.05) is 25.3 Å². The van der Waals surface area contributed by atoms with Gasteiger partial charge in [-0.1, -0.05) is 11.3 Å². The van der Waals surface area contributed by atoms with Gasteiger partial charge in [0.1, 0.15) is 12.2 Å². The van der Waals surface area contributed by atoms with Crippen molar-refractivity contribution < 1.29 is 4.79 Å². The van der Waals surface area contributed by atoms with E-state index in [2.05, 4.69) is 21.7 Å². The summed E-state index contributed by atoms with van der Waals surface area (Å²) in [6.07, 6.45) is 2.56. The third-order valence-electron chi connectivity index (χ3n) is 2.78. The van der Waals surface area contributed by atoms with Crippen LogP contribution in [0.15, 0.2) is 23.7 Å². The highest BCUT2D eigenvalue weighted by molar-refractivity contribution is 7.09. The van der Waals surface area contributed by atoms with Crippen molar-refractivity contribution in [1.29, 1.82) is 0 Å². The molecule has 0 fully saturated rings. The van der Waals surface area contributed by atoms with E-state index in [-0.39, 0.29) is 12.5 Å². The van der Waals surface area contributed by atoms with Crippen molar-refractivity contribution in [2.75, 3.05) is 6.54 Å². The first-order chi connectivity index (χ1) is 9.45. The largest absolute Gasteiger partial charge is 0.354 e. The molecule has 20 heavy (non-hydrogen) atoms. The summed E-state index contributed by atoms with van der Waals surface area (Å²) in [7, 11) is 0. The van der Waals surface area contributed by atoms with E-state index in [1.54, 1.807) is 17.5 Å². The Bertz CT molecular complexity index is 556. The lowest BCUT2D eigenvalue weighted by atomic mass is 10.0. The van der Waals surface area contributed by atoms with Crippen LogP contribution in [0.5, 0.6) is 0 Å². The minimum absolute atomic E-state index is 0.0761. The van der Waals surface area contributed by atoms with Gasteiger partial charge in [0.25, 0.3) is 0 Å². The summed E-state index contributed by atoms with van der Waals surface area (Å²) in [6.45, 7) is 4.49. The Morgan fingerprint density at radius 3 is 2.95 bits per heavy atom. The highest BCUT2D eigenvalue weighted by Gasteiger charge is 2.18. The van der Waals surface area contributed by atoms with E-state index >= 15 is 0 Å². The number of carbonyl (C=O) groups is 1. The molecule has 0 saturated carbocycles. The number of hydrogen-bond donors (Lipinski definition) is 2. The molecule has 0 bridgehead atoms. The Hall–Kier alpha value is -1.73. The number of nitrogens with one attached hydrogen (secondary N) is 1. The monoisotopic (exact) mass is 293 g/mol. The number of rotatable bonds is 6. The van der Waals surface area contributed by atoms with Crippen LogP contribution in [-0.2, 0) is 23.3 Å². The Morgan fingerprint density at radius 2 is 2.35 bits per heavy atom. The molecule has 0 spiro atoms. The number of carbonyl (C=O) groups excluding carboxylic acids is 1. The lowest BCUT2D eigenvalue weighted by molar-refractivity contribution is -0.121. The van der Waals surface area contributed by atoms with Crippen molar-refractivity contribution in [2.45, 2.75) is 32.4 Å². The molecule has 108 valence electrons. The number of aromatic nitrogens is 3. The fraction of sp³-hybridized carbons (Fsp3) is 0.462. The molecule has 0 aromatic carbocycles. The molecule has 0 radical (unpaired) electrons. The average Bonchev–Trinajstić information content (AvgIpc) is 2.98. The summed E-state index contributed by atoms with van der Waals surface area (Å²) in [4.78, 5) is 13.0. The maximum absolute atomic E-state index is 11.8. The minimum atomic E-state index is -0.548. The summed E-state index contributed by atoms with van der Waals surface area (Å²) < 4.78 is 1.50. The zero-order chi connectivity index (χ0) is 14.6. The van der Waals surface area contributed by atoms with Gasteiger partial charge in [-0.2, -0.15) is 0 Å². The van der Waals surface area contributed by atoms with Crippen molar-refractivity contribution in [3.05, 3.63) is 34.3 Å². The molecule has 0 atom stereocenters. The smallest absolute Gasteiger partial charge is 0.241 e. The maximum Gasteiger partial charge on any atom is 0.241 e. The molecule has 7 heteroatoms. The third-order valence-corrected chi connectivity index (χ3v) is 3.71. The topological polar surface area (TPSA) is 85.8 Å². The zero-order valence-corrected chi connectivity index (χ0v) is 12.5. The van der Waals surface area contributed by atoms with Crippen LogP contribution in [0.4, 0.5) is 0 Å². The third kappa shape index (κ3) is 4.14. The van der Waals surface area contributed by atoms with Crippen LogP contribution < -0.4 is 11.1 Å². The summed E-state index contributed by atoms with van der Waals surface area (Å²) in [6, 6.07) is 4.07. The van der Waals surface area contributed by atoms with Crippen LogP contribution in [0.25, 0.3) is 0 Å². The van der Waals surface area contributed by atoms with Crippen LogP contribution in [0.2, 0.25) is 0 Å². The molecular formula is C13H19N5OS. The molecule has 2 heterocycles. The molecule has 0 aliphatic rings. The molecule has 2 rings (SSSR count). The summed E-state index contributed by atoms with van der Waals surface area (Å²) in [5.74, 6) is -0.0761. The molecule has 3 N–H and O–H groups in total. The molecule has 0 saturated heterocycles.